The number of rotatable bonds is 1. The number of methoxy groups -OCH3 is 1. The van der Waals surface area contributed by atoms with E-state index in [2.05, 4.69) is 21.2 Å². The Balaban J connectivity index is 2.61. The van der Waals surface area contributed by atoms with E-state index in [1.54, 1.807) is 7.11 Å². The Morgan fingerprint density at radius 1 is 1.50 bits per heavy atom. The summed E-state index contributed by atoms with van der Waals surface area (Å²) in [6.45, 7) is 0.700. The molecule has 1 heterocycles. The van der Waals surface area contributed by atoms with E-state index in [1.165, 1.54) is 0 Å². The van der Waals surface area contributed by atoms with Crippen LogP contribution in [-0.2, 0) is 6.42 Å². The van der Waals surface area contributed by atoms with E-state index >= 15 is 0 Å². The number of amides is 1. The van der Waals surface area contributed by atoms with Crippen LogP contribution in [-0.4, -0.2) is 19.6 Å². The molecule has 1 aromatic rings. The van der Waals surface area contributed by atoms with Gasteiger partial charge in [-0.3, -0.25) is 4.79 Å². The third-order valence-electron chi connectivity index (χ3n) is 2.28. The number of hydrogen-bond acceptors (Lipinski definition) is 2. The van der Waals surface area contributed by atoms with Crippen molar-refractivity contribution in [3.8, 4) is 5.75 Å². The molecular formula is C10H10BrNO2. The normalized spacial score (nSPS) is 14.6. The van der Waals surface area contributed by atoms with Gasteiger partial charge in [0, 0.05) is 11.0 Å². The number of ether oxygens (including phenoxy) is 1. The van der Waals surface area contributed by atoms with Gasteiger partial charge < -0.3 is 10.1 Å². The first-order chi connectivity index (χ1) is 6.72. The lowest BCUT2D eigenvalue weighted by atomic mass is 9.99. The van der Waals surface area contributed by atoms with Crippen molar-refractivity contribution in [3.63, 3.8) is 0 Å². The number of hydrogen-bond donors (Lipinski definition) is 1. The lowest BCUT2D eigenvalue weighted by molar-refractivity contribution is 0.0942. The Bertz CT molecular complexity index is 373. The van der Waals surface area contributed by atoms with Gasteiger partial charge in [0.1, 0.15) is 5.75 Å². The molecule has 3 nitrogen and oxygen atoms in total. The molecule has 4 heteroatoms. The monoisotopic (exact) mass is 255 g/mol. The number of fused-ring (bicyclic) bond motifs is 1. The minimum Gasteiger partial charge on any atom is -0.496 e. The highest BCUT2D eigenvalue weighted by Gasteiger charge is 2.21. The van der Waals surface area contributed by atoms with Gasteiger partial charge in [-0.2, -0.15) is 0 Å². The summed E-state index contributed by atoms with van der Waals surface area (Å²) in [5.41, 5.74) is 1.71. The second-order valence-corrected chi connectivity index (χ2v) is 4.06. The van der Waals surface area contributed by atoms with Crippen molar-refractivity contribution in [1.82, 2.24) is 5.32 Å². The molecule has 2 rings (SSSR count). The van der Waals surface area contributed by atoms with Gasteiger partial charge in [-0.25, -0.2) is 0 Å². The number of carbonyl (C=O) groups excluding carboxylic acids is 1. The van der Waals surface area contributed by atoms with Crippen molar-refractivity contribution >= 4 is 21.8 Å². The molecule has 0 radical (unpaired) electrons. The van der Waals surface area contributed by atoms with E-state index in [9.17, 15) is 4.79 Å². The quantitative estimate of drug-likeness (QED) is 0.831. The van der Waals surface area contributed by atoms with Gasteiger partial charge in [-0.1, -0.05) is 15.9 Å². The zero-order chi connectivity index (χ0) is 10.1. The Hall–Kier alpha value is -1.03. The molecule has 0 spiro atoms. The molecule has 0 saturated heterocycles. The fraction of sp³-hybridized carbons (Fsp3) is 0.300. The largest absolute Gasteiger partial charge is 0.496 e. The summed E-state index contributed by atoms with van der Waals surface area (Å²) in [4.78, 5) is 11.6. The molecule has 0 unspecified atom stereocenters. The highest BCUT2D eigenvalue weighted by molar-refractivity contribution is 9.10. The maximum atomic E-state index is 11.6. The molecule has 0 fully saturated rings. The standard InChI is InChI=1S/C10H10BrNO2/c1-14-8-5-7(11)4-6-2-3-12-10(13)9(6)8/h4-5H,2-3H2,1H3,(H,12,13). The van der Waals surface area contributed by atoms with Crippen LogP contribution in [0.15, 0.2) is 16.6 Å². The number of nitrogens with one attached hydrogen (secondary N) is 1. The second kappa shape index (κ2) is 3.61. The molecule has 1 aliphatic heterocycles. The third kappa shape index (κ3) is 1.50. The summed E-state index contributed by atoms with van der Waals surface area (Å²) in [7, 11) is 1.57. The molecule has 74 valence electrons. The van der Waals surface area contributed by atoms with Crippen LogP contribution in [0.25, 0.3) is 0 Å². The molecular weight excluding hydrogens is 246 g/mol. The molecule has 0 bridgehead atoms. The third-order valence-corrected chi connectivity index (χ3v) is 2.73. The highest BCUT2D eigenvalue weighted by atomic mass is 79.9. The second-order valence-electron chi connectivity index (χ2n) is 3.15. The molecule has 0 aromatic heterocycles. The fourth-order valence-corrected chi connectivity index (χ4v) is 2.14. The van der Waals surface area contributed by atoms with Gasteiger partial charge in [-0.15, -0.1) is 0 Å². The maximum absolute atomic E-state index is 11.6. The van der Waals surface area contributed by atoms with Gasteiger partial charge >= 0.3 is 0 Å². The van der Waals surface area contributed by atoms with Crippen molar-refractivity contribution in [2.45, 2.75) is 6.42 Å². The van der Waals surface area contributed by atoms with Gasteiger partial charge in [0.25, 0.3) is 5.91 Å². The van der Waals surface area contributed by atoms with Crippen molar-refractivity contribution in [2.75, 3.05) is 13.7 Å². The van der Waals surface area contributed by atoms with Crippen LogP contribution in [0.3, 0.4) is 0 Å². The maximum Gasteiger partial charge on any atom is 0.255 e. The van der Waals surface area contributed by atoms with Crippen LogP contribution in [0.4, 0.5) is 0 Å². The lowest BCUT2D eigenvalue weighted by Crippen LogP contribution is -2.32. The molecule has 1 aliphatic rings. The smallest absolute Gasteiger partial charge is 0.255 e. The van der Waals surface area contributed by atoms with Crippen LogP contribution in [0.1, 0.15) is 15.9 Å². The summed E-state index contributed by atoms with van der Waals surface area (Å²) in [6.07, 6.45) is 0.858. The number of halogens is 1. The Kier molecular flexibility index (Phi) is 2.46. The molecule has 1 aromatic carbocycles. The fourth-order valence-electron chi connectivity index (χ4n) is 1.65. The molecule has 1 amide bonds. The van der Waals surface area contributed by atoms with Crippen LogP contribution in [0.5, 0.6) is 5.75 Å². The van der Waals surface area contributed by atoms with Crippen LogP contribution in [0.2, 0.25) is 0 Å². The first kappa shape index (κ1) is 9.52. The minimum atomic E-state index is -0.0457. The molecule has 0 aliphatic carbocycles. The van der Waals surface area contributed by atoms with E-state index in [0.29, 0.717) is 17.9 Å². The summed E-state index contributed by atoms with van der Waals surface area (Å²) < 4.78 is 6.12. The van der Waals surface area contributed by atoms with Crippen LogP contribution in [0, 0.1) is 0 Å². The van der Waals surface area contributed by atoms with Gasteiger partial charge in [0.2, 0.25) is 0 Å². The average Bonchev–Trinajstić information content (AvgIpc) is 2.16. The highest BCUT2D eigenvalue weighted by Crippen LogP contribution is 2.29. The summed E-state index contributed by atoms with van der Waals surface area (Å²) in [6, 6.07) is 3.78. The topological polar surface area (TPSA) is 38.3 Å². The van der Waals surface area contributed by atoms with Gasteiger partial charge in [-0.05, 0) is 24.1 Å². The number of carbonyl (C=O) groups is 1. The van der Waals surface area contributed by atoms with E-state index < -0.39 is 0 Å². The van der Waals surface area contributed by atoms with Crippen molar-refractivity contribution in [3.05, 3.63) is 27.7 Å². The molecule has 0 saturated carbocycles. The van der Waals surface area contributed by atoms with Crippen molar-refractivity contribution in [1.29, 1.82) is 0 Å². The average molecular weight is 256 g/mol. The first-order valence-corrected chi connectivity index (χ1v) is 5.16. The van der Waals surface area contributed by atoms with Crippen LogP contribution >= 0.6 is 15.9 Å². The predicted octanol–water partition coefficient (Wildman–Crippen LogP) is 1.74. The van der Waals surface area contributed by atoms with Crippen molar-refractivity contribution < 1.29 is 9.53 Å². The zero-order valence-electron chi connectivity index (χ0n) is 7.76. The van der Waals surface area contributed by atoms with E-state index in [4.69, 9.17) is 4.74 Å². The summed E-state index contributed by atoms with van der Waals surface area (Å²) >= 11 is 3.39. The van der Waals surface area contributed by atoms with Crippen molar-refractivity contribution in [2.24, 2.45) is 0 Å². The van der Waals surface area contributed by atoms with Gasteiger partial charge in [0.15, 0.2) is 0 Å². The zero-order valence-corrected chi connectivity index (χ0v) is 9.35. The SMILES string of the molecule is COc1cc(Br)cc2c1C(=O)NCC2. The Morgan fingerprint density at radius 2 is 2.29 bits per heavy atom. The lowest BCUT2D eigenvalue weighted by Gasteiger charge is -2.19. The summed E-state index contributed by atoms with van der Waals surface area (Å²) in [5, 5.41) is 2.80. The van der Waals surface area contributed by atoms with E-state index in [0.717, 1.165) is 16.5 Å². The Morgan fingerprint density at radius 3 is 3.00 bits per heavy atom. The van der Waals surface area contributed by atoms with E-state index in [-0.39, 0.29) is 5.91 Å². The molecule has 1 N–H and O–H groups in total. The predicted molar refractivity (Wildman–Crippen MR) is 56.7 cm³/mol. The van der Waals surface area contributed by atoms with E-state index in [1.807, 2.05) is 12.1 Å². The first-order valence-electron chi connectivity index (χ1n) is 4.37. The molecule has 14 heavy (non-hydrogen) atoms. The molecule has 0 atom stereocenters. The summed E-state index contributed by atoms with van der Waals surface area (Å²) in [5.74, 6) is 0.585. The Labute approximate surface area is 90.6 Å². The number of benzene rings is 1. The van der Waals surface area contributed by atoms with Crippen LogP contribution < -0.4 is 10.1 Å². The minimum absolute atomic E-state index is 0.0457. The van der Waals surface area contributed by atoms with Gasteiger partial charge in [0.05, 0.1) is 12.7 Å².